The molecule has 56 valence electrons. The molecular formula is C8H9N3. The molecule has 0 aromatic carbocycles. The van der Waals surface area contributed by atoms with Gasteiger partial charge in [-0.1, -0.05) is 12.2 Å². The third-order valence-corrected chi connectivity index (χ3v) is 1.57. The number of rotatable bonds is 1. The molecule has 1 aliphatic heterocycles. The summed E-state index contributed by atoms with van der Waals surface area (Å²) in [7, 11) is 0. The maximum Gasteiger partial charge on any atom is 0.207 e. The van der Waals surface area contributed by atoms with Crippen LogP contribution in [0.1, 0.15) is 0 Å². The Bertz CT molecular complexity index is 272. The third-order valence-electron chi connectivity index (χ3n) is 1.57. The molecule has 1 aliphatic rings. The van der Waals surface area contributed by atoms with Crippen LogP contribution in [0.25, 0.3) is 0 Å². The lowest BCUT2D eigenvalue weighted by molar-refractivity contribution is 1.00. The molecule has 1 N–H and O–H groups in total. The predicted molar refractivity (Wildman–Crippen MR) is 44.2 cm³/mol. The van der Waals surface area contributed by atoms with Crippen LogP contribution in [0.5, 0.6) is 0 Å². The fraction of sp³-hybridized carbons (Fsp3) is 0.125. The Kier molecular flexibility index (Phi) is 1.48. The lowest BCUT2D eigenvalue weighted by Crippen LogP contribution is -2.18. The smallest absolute Gasteiger partial charge is 0.207 e. The molecule has 0 saturated heterocycles. The average Bonchev–Trinajstić information content (AvgIpc) is 2.58. The minimum absolute atomic E-state index is 0.893. The number of nitrogens with zero attached hydrogens (tertiary/aromatic N) is 2. The van der Waals surface area contributed by atoms with Gasteiger partial charge in [0, 0.05) is 25.1 Å². The van der Waals surface area contributed by atoms with Crippen molar-refractivity contribution in [1.29, 1.82) is 0 Å². The van der Waals surface area contributed by atoms with Crippen LogP contribution in [0.3, 0.4) is 0 Å². The van der Waals surface area contributed by atoms with Crippen molar-refractivity contribution in [3.8, 4) is 0 Å². The number of aromatic amines is 1. The first-order valence-corrected chi connectivity index (χ1v) is 3.56. The van der Waals surface area contributed by atoms with E-state index in [2.05, 4.69) is 16.0 Å². The van der Waals surface area contributed by atoms with E-state index < -0.39 is 0 Å². The van der Waals surface area contributed by atoms with E-state index in [1.54, 1.807) is 6.20 Å². The fourth-order valence-corrected chi connectivity index (χ4v) is 1.04. The summed E-state index contributed by atoms with van der Waals surface area (Å²) in [5, 5.41) is 0. The number of hydrogen-bond donors (Lipinski definition) is 1. The summed E-state index contributed by atoms with van der Waals surface area (Å²) in [5.41, 5.74) is 0. The lowest BCUT2D eigenvalue weighted by Gasteiger charge is -2.16. The van der Waals surface area contributed by atoms with E-state index in [0.29, 0.717) is 0 Å². The van der Waals surface area contributed by atoms with Gasteiger partial charge >= 0.3 is 0 Å². The van der Waals surface area contributed by atoms with Crippen molar-refractivity contribution < 1.29 is 0 Å². The van der Waals surface area contributed by atoms with Gasteiger partial charge in [-0.05, 0) is 6.08 Å². The minimum atomic E-state index is 0.893. The minimum Gasteiger partial charge on any atom is -0.331 e. The van der Waals surface area contributed by atoms with Gasteiger partial charge in [-0.3, -0.25) is 0 Å². The lowest BCUT2D eigenvalue weighted by atomic mass is 10.4. The summed E-state index contributed by atoms with van der Waals surface area (Å²) in [6, 6.07) is 0. The molecule has 1 aromatic heterocycles. The van der Waals surface area contributed by atoms with Gasteiger partial charge < -0.3 is 9.88 Å². The molecule has 3 heteroatoms. The van der Waals surface area contributed by atoms with Crippen molar-refractivity contribution in [3.05, 3.63) is 36.8 Å². The van der Waals surface area contributed by atoms with Crippen molar-refractivity contribution >= 4 is 5.95 Å². The van der Waals surface area contributed by atoms with E-state index in [-0.39, 0.29) is 0 Å². The van der Waals surface area contributed by atoms with Crippen molar-refractivity contribution in [1.82, 2.24) is 9.97 Å². The van der Waals surface area contributed by atoms with Gasteiger partial charge in [0.25, 0.3) is 0 Å². The Balaban J connectivity index is 2.19. The summed E-state index contributed by atoms with van der Waals surface area (Å²) >= 11 is 0. The van der Waals surface area contributed by atoms with E-state index >= 15 is 0 Å². The molecule has 0 saturated carbocycles. The van der Waals surface area contributed by atoms with E-state index in [4.69, 9.17) is 0 Å². The molecule has 0 atom stereocenters. The summed E-state index contributed by atoms with van der Waals surface area (Å²) in [6.07, 6.45) is 11.7. The fourth-order valence-electron chi connectivity index (χ4n) is 1.04. The number of nitrogens with one attached hydrogen (secondary N) is 1. The van der Waals surface area contributed by atoms with Gasteiger partial charge in [0.05, 0.1) is 0 Å². The Morgan fingerprint density at radius 2 is 2.45 bits per heavy atom. The van der Waals surface area contributed by atoms with Gasteiger partial charge in [-0.15, -0.1) is 0 Å². The second-order valence-corrected chi connectivity index (χ2v) is 2.33. The van der Waals surface area contributed by atoms with E-state index in [1.807, 2.05) is 29.4 Å². The summed E-state index contributed by atoms with van der Waals surface area (Å²) in [6.45, 7) is 0.893. The van der Waals surface area contributed by atoms with E-state index in [0.717, 1.165) is 12.5 Å². The Labute approximate surface area is 65.1 Å². The third kappa shape index (κ3) is 1.17. The molecule has 0 bridgehead atoms. The Morgan fingerprint density at radius 1 is 1.45 bits per heavy atom. The number of hydrogen-bond acceptors (Lipinski definition) is 2. The van der Waals surface area contributed by atoms with Gasteiger partial charge in [0.1, 0.15) is 0 Å². The average molecular weight is 147 g/mol. The van der Waals surface area contributed by atoms with Crippen molar-refractivity contribution in [2.45, 2.75) is 0 Å². The summed E-state index contributed by atoms with van der Waals surface area (Å²) < 4.78 is 0. The molecular weight excluding hydrogens is 138 g/mol. The molecule has 3 nitrogen and oxygen atoms in total. The molecule has 0 amide bonds. The van der Waals surface area contributed by atoms with Gasteiger partial charge in [-0.25, -0.2) is 4.98 Å². The number of allylic oxidation sites excluding steroid dienone is 2. The molecule has 1 aromatic rings. The maximum atomic E-state index is 4.13. The van der Waals surface area contributed by atoms with Gasteiger partial charge in [0.2, 0.25) is 5.95 Å². The van der Waals surface area contributed by atoms with Crippen LogP contribution in [0.4, 0.5) is 5.95 Å². The molecule has 2 rings (SSSR count). The van der Waals surface area contributed by atoms with Gasteiger partial charge in [0.15, 0.2) is 0 Å². The molecule has 0 aliphatic carbocycles. The number of anilines is 1. The summed E-state index contributed by atoms with van der Waals surface area (Å²) in [4.78, 5) is 9.20. The standard InChI is InChI=1S/C8H9N3/c1-2-6-11(7-3-1)8-9-4-5-10-8/h1-6H,7H2,(H,9,10). The van der Waals surface area contributed by atoms with Crippen molar-refractivity contribution in [2.75, 3.05) is 11.4 Å². The van der Waals surface area contributed by atoms with Crippen LogP contribution in [-0.2, 0) is 0 Å². The topological polar surface area (TPSA) is 31.9 Å². The first-order chi connectivity index (χ1) is 5.47. The molecule has 0 fully saturated rings. The first kappa shape index (κ1) is 6.22. The quantitative estimate of drug-likeness (QED) is 0.649. The Morgan fingerprint density at radius 3 is 3.09 bits per heavy atom. The van der Waals surface area contributed by atoms with Crippen LogP contribution in [0.2, 0.25) is 0 Å². The highest BCUT2D eigenvalue weighted by Gasteiger charge is 2.03. The second-order valence-electron chi connectivity index (χ2n) is 2.33. The molecule has 0 unspecified atom stereocenters. The SMILES string of the molecule is C1=CCN(c2ncc[nH]2)C=C1. The highest BCUT2D eigenvalue weighted by Crippen LogP contribution is 2.08. The zero-order valence-electron chi connectivity index (χ0n) is 6.07. The largest absolute Gasteiger partial charge is 0.331 e. The van der Waals surface area contributed by atoms with Crippen LogP contribution >= 0.6 is 0 Å². The normalized spacial score (nSPS) is 15.8. The van der Waals surface area contributed by atoms with E-state index in [1.165, 1.54) is 0 Å². The summed E-state index contributed by atoms with van der Waals surface area (Å²) in [5.74, 6) is 0.894. The maximum absolute atomic E-state index is 4.13. The van der Waals surface area contributed by atoms with Crippen LogP contribution in [0.15, 0.2) is 36.8 Å². The number of imidazole rings is 1. The van der Waals surface area contributed by atoms with E-state index in [9.17, 15) is 0 Å². The zero-order chi connectivity index (χ0) is 7.52. The van der Waals surface area contributed by atoms with Crippen molar-refractivity contribution in [3.63, 3.8) is 0 Å². The molecule has 11 heavy (non-hydrogen) atoms. The first-order valence-electron chi connectivity index (χ1n) is 3.56. The van der Waals surface area contributed by atoms with Crippen LogP contribution in [0, 0.1) is 0 Å². The highest BCUT2D eigenvalue weighted by atomic mass is 15.2. The number of H-pyrrole nitrogens is 1. The highest BCUT2D eigenvalue weighted by molar-refractivity contribution is 5.38. The molecule has 0 radical (unpaired) electrons. The molecule has 0 spiro atoms. The zero-order valence-corrected chi connectivity index (χ0v) is 6.07. The second kappa shape index (κ2) is 2.62. The molecule has 2 heterocycles. The van der Waals surface area contributed by atoms with Gasteiger partial charge in [-0.2, -0.15) is 0 Å². The van der Waals surface area contributed by atoms with Crippen molar-refractivity contribution in [2.24, 2.45) is 0 Å². The predicted octanol–water partition coefficient (Wildman–Crippen LogP) is 1.30. The van der Waals surface area contributed by atoms with Crippen LogP contribution < -0.4 is 4.90 Å². The van der Waals surface area contributed by atoms with Crippen LogP contribution in [-0.4, -0.2) is 16.5 Å². The Hall–Kier alpha value is -1.51. The monoisotopic (exact) mass is 147 g/mol. The number of aromatic nitrogens is 2.